The molecule has 1 N–H and O–H groups in total. The molecule has 1 aromatic rings. The van der Waals surface area contributed by atoms with Crippen molar-refractivity contribution >= 4 is 6.09 Å². The summed E-state index contributed by atoms with van der Waals surface area (Å²) >= 11 is 0. The van der Waals surface area contributed by atoms with Crippen molar-refractivity contribution in [3.63, 3.8) is 0 Å². The Bertz CT molecular complexity index is 614. The largest absolute Gasteiger partial charge is 0.444 e. The third-order valence-electron chi connectivity index (χ3n) is 3.62. The van der Waals surface area contributed by atoms with Gasteiger partial charge in [-0.2, -0.15) is 13.2 Å². The Balaban J connectivity index is 2.17. The van der Waals surface area contributed by atoms with Gasteiger partial charge in [0, 0.05) is 0 Å². The minimum Gasteiger partial charge on any atom is -0.444 e. The fourth-order valence-electron chi connectivity index (χ4n) is 2.51. The SMILES string of the molecule is Cc1ccc(C(F)(F)F)cc1C1(O)CN(C(=O)OC(C)(C)C)C1. The number of benzene rings is 1. The highest BCUT2D eigenvalue weighted by molar-refractivity contribution is 5.70. The van der Waals surface area contributed by atoms with E-state index in [0.29, 0.717) is 5.56 Å². The molecule has 0 bridgehead atoms. The van der Waals surface area contributed by atoms with Crippen LogP contribution < -0.4 is 0 Å². The van der Waals surface area contributed by atoms with Gasteiger partial charge in [0.25, 0.3) is 0 Å². The van der Waals surface area contributed by atoms with E-state index in [9.17, 15) is 23.1 Å². The number of carbonyl (C=O) groups excluding carboxylic acids is 1. The summed E-state index contributed by atoms with van der Waals surface area (Å²) in [4.78, 5) is 13.2. The molecule has 4 nitrogen and oxygen atoms in total. The Labute approximate surface area is 132 Å². The second-order valence-electron chi connectivity index (χ2n) is 6.90. The van der Waals surface area contributed by atoms with Gasteiger partial charge in [-0.3, -0.25) is 0 Å². The molecule has 1 aliphatic heterocycles. The summed E-state index contributed by atoms with van der Waals surface area (Å²) in [7, 11) is 0. The van der Waals surface area contributed by atoms with Crippen molar-refractivity contribution in [1.29, 1.82) is 0 Å². The predicted molar refractivity (Wildman–Crippen MR) is 77.9 cm³/mol. The maximum Gasteiger partial charge on any atom is 0.416 e. The quantitative estimate of drug-likeness (QED) is 0.857. The predicted octanol–water partition coefficient (Wildman–Crippen LogP) is 3.45. The summed E-state index contributed by atoms with van der Waals surface area (Å²) in [5, 5.41) is 10.6. The van der Waals surface area contributed by atoms with Gasteiger partial charge in [-0.25, -0.2) is 4.79 Å². The fourth-order valence-corrected chi connectivity index (χ4v) is 2.51. The number of rotatable bonds is 1. The van der Waals surface area contributed by atoms with E-state index in [1.54, 1.807) is 27.7 Å². The van der Waals surface area contributed by atoms with Crippen LogP contribution in [0.15, 0.2) is 18.2 Å². The maximum absolute atomic E-state index is 12.8. The second-order valence-corrected chi connectivity index (χ2v) is 6.90. The van der Waals surface area contributed by atoms with Gasteiger partial charge in [-0.15, -0.1) is 0 Å². The molecule has 2 rings (SSSR count). The number of carbonyl (C=O) groups is 1. The molecular formula is C16H20F3NO3. The fraction of sp³-hybridized carbons (Fsp3) is 0.562. The molecule has 1 fully saturated rings. The number of β-amino-alcohol motifs (C(OH)–C–C–N with tert-alkyl or cyclic N) is 1. The van der Waals surface area contributed by atoms with Crippen LogP contribution in [-0.2, 0) is 16.5 Å². The molecule has 1 saturated heterocycles. The van der Waals surface area contributed by atoms with Crippen molar-refractivity contribution in [3.8, 4) is 0 Å². The standard InChI is InChI=1S/C16H20F3NO3/c1-10-5-6-11(16(17,18)19)7-12(10)15(22)8-20(9-15)13(21)23-14(2,3)4/h5-7,22H,8-9H2,1-4H3. The van der Waals surface area contributed by atoms with Crippen molar-refractivity contribution in [1.82, 2.24) is 4.90 Å². The van der Waals surface area contributed by atoms with Gasteiger partial charge in [0.05, 0.1) is 18.7 Å². The third-order valence-corrected chi connectivity index (χ3v) is 3.62. The summed E-state index contributed by atoms with van der Waals surface area (Å²) in [5.74, 6) is 0. The minimum absolute atomic E-state index is 0.0932. The lowest BCUT2D eigenvalue weighted by atomic mass is 9.83. The van der Waals surface area contributed by atoms with E-state index in [1.165, 1.54) is 11.0 Å². The molecule has 0 spiro atoms. The molecule has 1 aliphatic rings. The maximum atomic E-state index is 12.8. The lowest BCUT2D eigenvalue weighted by Gasteiger charge is -2.47. The summed E-state index contributed by atoms with van der Waals surface area (Å²) in [6.45, 7) is 6.59. The summed E-state index contributed by atoms with van der Waals surface area (Å²) in [6, 6.07) is 3.25. The first kappa shape index (κ1) is 17.6. The van der Waals surface area contributed by atoms with Crippen LogP contribution >= 0.6 is 0 Å². The molecule has 0 atom stereocenters. The van der Waals surface area contributed by atoms with Gasteiger partial charge in [-0.05, 0) is 51.0 Å². The molecule has 1 aromatic carbocycles. The zero-order valence-corrected chi connectivity index (χ0v) is 13.5. The Morgan fingerprint density at radius 3 is 2.30 bits per heavy atom. The van der Waals surface area contributed by atoms with E-state index in [0.717, 1.165) is 12.1 Å². The molecule has 0 aromatic heterocycles. The van der Waals surface area contributed by atoms with Crippen molar-refractivity contribution in [2.24, 2.45) is 0 Å². The van der Waals surface area contributed by atoms with Gasteiger partial charge in [0.2, 0.25) is 0 Å². The van der Waals surface area contributed by atoms with E-state index < -0.39 is 29.0 Å². The van der Waals surface area contributed by atoms with Crippen molar-refractivity contribution < 1.29 is 27.8 Å². The molecule has 0 saturated carbocycles. The van der Waals surface area contributed by atoms with Gasteiger partial charge in [-0.1, -0.05) is 6.07 Å². The average Bonchev–Trinajstić information content (AvgIpc) is 2.31. The number of aliphatic hydroxyl groups is 1. The van der Waals surface area contributed by atoms with Crippen molar-refractivity contribution in [2.75, 3.05) is 13.1 Å². The van der Waals surface area contributed by atoms with Crippen LogP contribution in [0.5, 0.6) is 0 Å². The molecule has 23 heavy (non-hydrogen) atoms. The first-order valence-corrected chi connectivity index (χ1v) is 7.20. The lowest BCUT2D eigenvalue weighted by molar-refractivity contribution is -0.138. The van der Waals surface area contributed by atoms with E-state index in [4.69, 9.17) is 4.74 Å². The Morgan fingerprint density at radius 1 is 1.26 bits per heavy atom. The minimum atomic E-state index is -4.48. The van der Waals surface area contributed by atoms with Gasteiger partial charge >= 0.3 is 12.3 Å². The molecule has 0 radical (unpaired) electrons. The van der Waals surface area contributed by atoms with Crippen LogP contribution in [0.25, 0.3) is 0 Å². The number of halogens is 3. The first-order chi connectivity index (χ1) is 10.3. The van der Waals surface area contributed by atoms with E-state index in [2.05, 4.69) is 0 Å². The van der Waals surface area contributed by atoms with Gasteiger partial charge in [0.15, 0.2) is 0 Å². The Kier molecular flexibility index (Phi) is 4.13. The van der Waals surface area contributed by atoms with Crippen LogP contribution in [0.3, 0.4) is 0 Å². The van der Waals surface area contributed by atoms with Crippen LogP contribution in [-0.4, -0.2) is 34.8 Å². The summed E-state index contributed by atoms with van der Waals surface area (Å²) in [6.07, 6.45) is -5.07. The number of nitrogens with zero attached hydrogens (tertiary/aromatic N) is 1. The Morgan fingerprint density at radius 2 is 1.83 bits per heavy atom. The molecule has 0 unspecified atom stereocenters. The number of amides is 1. The molecular weight excluding hydrogens is 311 g/mol. The highest BCUT2D eigenvalue weighted by Crippen LogP contribution is 2.38. The van der Waals surface area contributed by atoms with Crippen molar-refractivity contribution in [3.05, 3.63) is 34.9 Å². The summed E-state index contributed by atoms with van der Waals surface area (Å²) < 4.78 is 43.7. The van der Waals surface area contributed by atoms with E-state index >= 15 is 0 Å². The smallest absolute Gasteiger partial charge is 0.416 e. The lowest BCUT2D eigenvalue weighted by Crippen LogP contribution is -2.62. The number of hydrogen-bond acceptors (Lipinski definition) is 3. The highest BCUT2D eigenvalue weighted by atomic mass is 19.4. The number of ether oxygens (including phenoxy) is 1. The second kappa shape index (κ2) is 5.40. The number of alkyl halides is 3. The number of aryl methyl sites for hydroxylation is 1. The molecule has 1 heterocycles. The molecule has 128 valence electrons. The van der Waals surface area contributed by atoms with Crippen LogP contribution in [0.2, 0.25) is 0 Å². The third kappa shape index (κ3) is 3.77. The Hall–Kier alpha value is -1.76. The van der Waals surface area contributed by atoms with Crippen molar-refractivity contribution in [2.45, 2.75) is 45.1 Å². The van der Waals surface area contributed by atoms with Gasteiger partial charge < -0.3 is 14.7 Å². The zero-order valence-electron chi connectivity index (χ0n) is 13.5. The average molecular weight is 331 g/mol. The number of likely N-dealkylation sites (tertiary alicyclic amines) is 1. The zero-order chi connectivity index (χ0) is 17.6. The highest BCUT2D eigenvalue weighted by Gasteiger charge is 2.47. The van der Waals surface area contributed by atoms with Crippen LogP contribution in [0.1, 0.15) is 37.5 Å². The van der Waals surface area contributed by atoms with Gasteiger partial charge in [0.1, 0.15) is 11.2 Å². The topological polar surface area (TPSA) is 49.8 Å². The molecule has 0 aliphatic carbocycles. The van der Waals surface area contributed by atoms with Crippen LogP contribution in [0.4, 0.5) is 18.0 Å². The normalized spacial score (nSPS) is 17.7. The summed E-state index contributed by atoms with van der Waals surface area (Å²) in [5.41, 5.74) is -2.24. The first-order valence-electron chi connectivity index (χ1n) is 7.20. The monoisotopic (exact) mass is 331 g/mol. The molecule has 7 heteroatoms. The van der Waals surface area contributed by atoms with E-state index in [-0.39, 0.29) is 18.7 Å². The van der Waals surface area contributed by atoms with E-state index in [1.807, 2.05) is 0 Å². The van der Waals surface area contributed by atoms with Crippen LogP contribution in [0, 0.1) is 6.92 Å². The number of hydrogen-bond donors (Lipinski definition) is 1. The molecule has 1 amide bonds.